The van der Waals surface area contributed by atoms with Crippen LogP contribution >= 0.6 is 0 Å². The lowest BCUT2D eigenvalue weighted by Crippen LogP contribution is -2.35. The molecule has 2 rings (SSSR count). The molecular weight excluding hydrogens is 172 g/mol. The second-order valence-corrected chi connectivity index (χ2v) is 5.87. The molecule has 0 aromatic heterocycles. The summed E-state index contributed by atoms with van der Waals surface area (Å²) < 4.78 is 0. The van der Waals surface area contributed by atoms with E-state index >= 15 is 0 Å². The first-order valence-corrected chi connectivity index (χ1v) is 5.59. The number of rotatable bonds is 0. The van der Waals surface area contributed by atoms with Crippen molar-refractivity contribution in [3.05, 3.63) is 12.2 Å². The monoisotopic (exact) mass is 192 g/mol. The fourth-order valence-electron chi connectivity index (χ4n) is 3.53. The molecule has 0 aromatic carbocycles. The third-order valence-electron chi connectivity index (χ3n) is 4.78. The summed E-state index contributed by atoms with van der Waals surface area (Å²) in [4.78, 5) is 12.0. The molecule has 2 saturated carbocycles. The van der Waals surface area contributed by atoms with Crippen molar-refractivity contribution in [1.29, 1.82) is 0 Å². The minimum atomic E-state index is 0.123. The van der Waals surface area contributed by atoms with Gasteiger partial charge in [-0.25, -0.2) is 0 Å². The summed E-state index contributed by atoms with van der Waals surface area (Å²) >= 11 is 0. The van der Waals surface area contributed by atoms with Gasteiger partial charge >= 0.3 is 0 Å². The van der Waals surface area contributed by atoms with Gasteiger partial charge in [0, 0.05) is 12.3 Å². The van der Waals surface area contributed by atoms with E-state index in [0.29, 0.717) is 11.2 Å². The van der Waals surface area contributed by atoms with Crippen molar-refractivity contribution in [3.8, 4) is 0 Å². The molecule has 1 heteroatoms. The standard InChI is InChI=1S/C13H20O/c1-9-8-13(4)7-5-6-10(14)11(9)12(13,2)3/h11H,1,5-8H2,2-4H3/t11-,13-/m0/s1. The number of allylic oxidation sites excluding steroid dienone is 1. The molecule has 78 valence electrons. The van der Waals surface area contributed by atoms with Crippen LogP contribution < -0.4 is 0 Å². The molecule has 0 radical (unpaired) electrons. The SMILES string of the molecule is C=C1C[C@]2(C)CCCC(=O)[C@H]1C2(C)C. The summed E-state index contributed by atoms with van der Waals surface area (Å²) in [7, 11) is 0. The first kappa shape index (κ1) is 9.95. The number of carbonyl (C=O) groups is 1. The van der Waals surface area contributed by atoms with Gasteiger partial charge in [0.2, 0.25) is 0 Å². The van der Waals surface area contributed by atoms with E-state index in [2.05, 4.69) is 27.4 Å². The van der Waals surface area contributed by atoms with Crippen LogP contribution in [0.2, 0.25) is 0 Å². The minimum Gasteiger partial charge on any atom is -0.299 e. The van der Waals surface area contributed by atoms with Gasteiger partial charge in [0.15, 0.2) is 0 Å². The summed E-state index contributed by atoms with van der Waals surface area (Å²) in [6.07, 6.45) is 4.07. The average Bonchev–Trinajstić information content (AvgIpc) is 2.11. The molecule has 1 nitrogen and oxygen atoms in total. The minimum absolute atomic E-state index is 0.123. The summed E-state index contributed by atoms with van der Waals surface area (Å²) in [5.74, 6) is 0.566. The Morgan fingerprint density at radius 1 is 1.36 bits per heavy atom. The lowest BCUT2D eigenvalue weighted by atomic mass is 9.65. The smallest absolute Gasteiger partial charge is 0.140 e. The highest BCUT2D eigenvalue weighted by Gasteiger charge is 2.56. The van der Waals surface area contributed by atoms with Crippen LogP contribution in [0.15, 0.2) is 12.2 Å². The highest BCUT2D eigenvalue weighted by Crippen LogP contribution is 2.62. The summed E-state index contributed by atoms with van der Waals surface area (Å²) in [6, 6.07) is 0. The van der Waals surface area contributed by atoms with E-state index in [1.54, 1.807) is 0 Å². The predicted molar refractivity (Wildman–Crippen MR) is 58.0 cm³/mol. The van der Waals surface area contributed by atoms with Gasteiger partial charge in [-0.2, -0.15) is 0 Å². The van der Waals surface area contributed by atoms with E-state index in [-0.39, 0.29) is 11.3 Å². The maximum absolute atomic E-state index is 12.0. The second kappa shape index (κ2) is 2.71. The van der Waals surface area contributed by atoms with Crippen LogP contribution in [-0.2, 0) is 4.79 Å². The van der Waals surface area contributed by atoms with Crippen LogP contribution in [0.1, 0.15) is 46.5 Å². The Morgan fingerprint density at radius 3 is 2.64 bits per heavy atom. The van der Waals surface area contributed by atoms with Crippen molar-refractivity contribution in [3.63, 3.8) is 0 Å². The molecule has 2 atom stereocenters. The van der Waals surface area contributed by atoms with Gasteiger partial charge in [-0.1, -0.05) is 32.9 Å². The maximum atomic E-state index is 12.0. The van der Waals surface area contributed by atoms with Gasteiger partial charge in [0.05, 0.1) is 0 Å². The zero-order valence-corrected chi connectivity index (χ0v) is 9.52. The van der Waals surface area contributed by atoms with Crippen molar-refractivity contribution in [2.24, 2.45) is 16.7 Å². The topological polar surface area (TPSA) is 17.1 Å². The Hall–Kier alpha value is -0.590. The van der Waals surface area contributed by atoms with Crippen LogP contribution in [0.3, 0.4) is 0 Å². The van der Waals surface area contributed by atoms with Gasteiger partial charge in [-0.3, -0.25) is 4.79 Å². The zero-order valence-electron chi connectivity index (χ0n) is 9.52. The van der Waals surface area contributed by atoms with E-state index < -0.39 is 0 Å². The number of Topliss-reactive ketones (excluding diaryl/α,β-unsaturated/α-hetero) is 1. The van der Waals surface area contributed by atoms with E-state index in [0.717, 1.165) is 19.3 Å². The van der Waals surface area contributed by atoms with Crippen molar-refractivity contribution < 1.29 is 4.79 Å². The van der Waals surface area contributed by atoms with E-state index in [1.165, 1.54) is 12.0 Å². The number of fused-ring (bicyclic) bond motifs is 2. The fourth-order valence-corrected chi connectivity index (χ4v) is 3.53. The third-order valence-corrected chi connectivity index (χ3v) is 4.78. The van der Waals surface area contributed by atoms with Crippen LogP contribution in [0.25, 0.3) is 0 Å². The van der Waals surface area contributed by atoms with E-state index in [9.17, 15) is 4.79 Å². The van der Waals surface area contributed by atoms with E-state index in [4.69, 9.17) is 0 Å². The zero-order chi connectivity index (χ0) is 10.6. The molecule has 2 bridgehead atoms. The summed E-state index contributed by atoms with van der Waals surface area (Å²) in [6.45, 7) is 10.9. The molecule has 0 saturated heterocycles. The molecular formula is C13H20O. The van der Waals surface area contributed by atoms with Crippen molar-refractivity contribution in [1.82, 2.24) is 0 Å². The van der Waals surface area contributed by atoms with Crippen LogP contribution in [0.4, 0.5) is 0 Å². The molecule has 14 heavy (non-hydrogen) atoms. The Labute approximate surface area is 86.6 Å². The molecule has 2 fully saturated rings. The normalized spacial score (nSPS) is 41.2. The number of carbonyl (C=O) groups excluding carboxylic acids is 1. The van der Waals surface area contributed by atoms with Gasteiger partial charge in [0.25, 0.3) is 0 Å². The lowest BCUT2D eigenvalue weighted by molar-refractivity contribution is -0.124. The predicted octanol–water partition coefficient (Wildman–Crippen LogP) is 3.35. The maximum Gasteiger partial charge on any atom is 0.140 e. The first-order chi connectivity index (χ1) is 6.38. The summed E-state index contributed by atoms with van der Waals surface area (Å²) in [5, 5.41) is 0. The largest absolute Gasteiger partial charge is 0.299 e. The Morgan fingerprint density at radius 2 is 2.00 bits per heavy atom. The number of hydrogen-bond donors (Lipinski definition) is 0. The van der Waals surface area contributed by atoms with Crippen molar-refractivity contribution >= 4 is 5.78 Å². The first-order valence-electron chi connectivity index (χ1n) is 5.59. The fraction of sp³-hybridized carbons (Fsp3) is 0.769. The van der Waals surface area contributed by atoms with Crippen LogP contribution in [0.5, 0.6) is 0 Å². The molecule has 2 aliphatic carbocycles. The summed E-state index contributed by atoms with van der Waals surface area (Å²) in [5.41, 5.74) is 1.61. The molecule has 0 unspecified atom stereocenters. The highest BCUT2D eigenvalue weighted by molar-refractivity contribution is 5.85. The van der Waals surface area contributed by atoms with Crippen LogP contribution in [-0.4, -0.2) is 5.78 Å². The number of hydrogen-bond acceptors (Lipinski definition) is 1. The lowest BCUT2D eigenvalue weighted by Gasteiger charge is -2.39. The van der Waals surface area contributed by atoms with Crippen molar-refractivity contribution in [2.45, 2.75) is 46.5 Å². The average molecular weight is 192 g/mol. The second-order valence-electron chi connectivity index (χ2n) is 5.87. The van der Waals surface area contributed by atoms with Gasteiger partial charge in [-0.05, 0) is 30.1 Å². The Bertz CT molecular complexity index is 292. The number of ketones is 1. The molecule has 0 aliphatic heterocycles. The van der Waals surface area contributed by atoms with Gasteiger partial charge < -0.3 is 0 Å². The Balaban J connectivity index is 2.50. The quantitative estimate of drug-likeness (QED) is 0.538. The molecule has 0 amide bonds. The third kappa shape index (κ3) is 1.04. The molecule has 2 aliphatic rings. The molecule has 0 spiro atoms. The molecule has 0 heterocycles. The Kier molecular flexibility index (Phi) is 1.93. The molecule has 0 N–H and O–H groups in total. The van der Waals surface area contributed by atoms with Crippen molar-refractivity contribution in [2.75, 3.05) is 0 Å². The highest BCUT2D eigenvalue weighted by atomic mass is 16.1. The van der Waals surface area contributed by atoms with E-state index in [1.807, 2.05) is 0 Å². The van der Waals surface area contributed by atoms with Crippen LogP contribution in [0, 0.1) is 16.7 Å². The van der Waals surface area contributed by atoms with Gasteiger partial charge in [-0.15, -0.1) is 0 Å². The van der Waals surface area contributed by atoms with Gasteiger partial charge in [0.1, 0.15) is 5.78 Å². The molecule has 0 aromatic rings.